The average molecular weight is 298 g/mol. The number of benzene rings is 1. The van der Waals surface area contributed by atoms with Gasteiger partial charge in [0, 0.05) is 45.0 Å². The molecule has 0 fully saturated rings. The molecule has 4 nitrogen and oxygen atoms in total. The molecule has 5 heteroatoms. The largest absolute Gasteiger partial charge is 0.380 e. The van der Waals surface area contributed by atoms with E-state index in [1.54, 1.807) is 6.07 Å². The Labute approximate surface area is 127 Å². The second kappa shape index (κ2) is 10.7. The average Bonchev–Trinajstić information content (AvgIpc) is 2.49. The molecule has 0 spiro atoms. The van der Waals surface area contributed by atoms with Gasteiger partial charge in [0.1, 0.15) is 5.82 Å². The van der Waals surface area contributed by atoms with E-state index in [1.807, 2.05) is 19.9 Å². The maximum absolute atomic E-state index is 13.9. The lowest BCUT2D eigenvalue weighted by molar-refractivity contribution is 0.0793. The molecule has 120 valence electrons. The third kappa shape index (κ3) is 7.00. The first-order valence-electron chi connectivity index (χ1n) is 7.56. The standard InChI is InChI=1S/C16H27FN2O2/c1-3-20-9-7-19(8-10-21-4-2)13-15-11-14(12-18)5-6-16(15)17/h5-6,11H,3-4,7-10,12-13,18H2,1-2H3. The third-order valence-electron chi connectivity index (χ3n) is 3.25. The number of rotatable bonds is 11. The summed E-state index contributed by atoms with van der Waals surface area (Å²) in [5.41, 5.74) is 7.24. The van der Waals surface area contributed by atoms with Crippen LogP contribution in [0.2, 0.25) is 0 Å². The summed E-state index contributed by atoms with van der Waals surface area (Å²) in [5.74, 6) is -0.190. The fourth-order valence-electron chi connectivity index (χ4n) is 2.06. The molecular formula is C16H27FN2O2. The van der Waals surface area contributed by atoms with Crippen LogP contribution in [0.15, 0.2) is 18.2 Å². The lowest BCUT2D eigenvalue weighted by atomic mass is 10.1. The van der Waals surface area contributed by atoms with Gasteiger partial charge < -0.3 is 15.2 Å². The Morgan fingerprint density at radius 2 is 1.71 bits per heavy atom. The van der Waals surface area contributed by atoms with Crippen LogP contribution in [-0.4, -0.2) is 44.4 Å². The molecule has 0 heterocycles. The van der Waals surface area contributed by atoms with Crippen LogP contribution in [0.4, 0.5) is 4.39 Å². The van der Waals surface area contributed by atoms with Crippen LogP contribution in [0, 0.1) is 5.82 Å². The maximum atomic E-state index is 13.9. The quantitative estimate of drug-likeness (QED) is 0.636. The van der Waals surface area contributed by atoms with E-state index in [-0.39, 0.29) is 5.82 Å². The maximum Gasteiger partial charge on any atom is 0.127 e. The van der Waals surface area contributed by atoms with E-state index in [2.05, 4.69) is 4.90 Å². The van der Waals surface area contributed by atoms with E-state index < -0.39 is 0 Å². The highest BCUT2D eigenvalue weighted by Crippen LogP contribution is 2.13. The van der Waals surface area contributed by atoms with Gasteiger partial charge in [-0.2, -0.15) is 0 Å². The molecule has 21 heavy (non-hydrogen) atoms. The number of nitrogens with two attached hydrogens (primary N) is 1. The summed E-state index contributed by atoms with van der Waals surface area (Å²) in [6.45, 7) is 9.07. The lowest BCUT2D eigenvalue weighted by Gasteiger charge is -2.22. The van der Waals surface area contributed by atoms with Crippen molar-refractivity contribution in [2.45, 2.75) is 26.9 Å². The highest BCUT2D eigenvalue weighted by Gasteiger charge is 2.10. The van der Waals surface area contributed by atoms with Gasteiger partial charge in [0.2, 0.25) is 0 Å². The highest BCUT2D eigenvalue weighted by atomic mass is 19.1. The van der Waals surface area contributed by atoms with Crippen LogP contribution in [0.25, 0.3) is 0 Å². The van der Waals surface area contributed by atoms with Crippen molar-refractivity contribution in [1.82, 2.24) is 4.90 Å². The Morgan fingerprint density at radius 3 is 2.24 bits per heavy atom. The molecule has 1 aromatic carbocycles. The Balaban J connectivity index is 2.64. The molecule has 1 aromatic rings. The Kier molecular flexibility index (Phi) is 9.17. The predicted molar refractivity (Wildman–Crippen MR) is 82.6 cm³/mol. The van der Waals surface area contributed by atoms with Gasteiger partial charge in [-0.15, -0.1) is 0 Å². The zero-order valence-electron chi connectivity index (χ0n) is 13.1. The summed E-state index contributed by atoms with van der Waals surface area (Å²) in [4.78, 5) is 2.14. The van der Waals surface area contributed by atoms with Crippen molar-refractivity contribution < 1.29 is 13.9 Å². The van der Waals surface area contributed by atoms with E-state index in [0.717, 1.165) is 18.7 Å². The van der Waals surface area contributed by atoms with Crippen LogP contribution in [0.5, 0.6) is 0 Å². The smallest absolute Gasteiger partial charge is 0.127 e. The molecule has 0 radical (unpaired) electrons. The van der Waals surface area contributed by atoms with Crippen LogP contribution in [0.1, 0.15) is 25.0 Å². The Bertz CT molecular complexity index is 392. The van der Waals surface area contributed by atoms with Gasteiger partial charge in [0.25, 0.3) is 0 Å². The molecule has 0 bridgehead atoms. The van der Waals surface area contributed by atoms with Gasteiger partial charge in [-0.25, -0.2) is 4.39 Å². The topological polar surface area (TPSA) is 47.7 Å². The van der Waals surface area contributed by atoms with E-state index in [9.17, 15) is 4.39 Å². The molecule has 0 atom stereocenters. The molecule has 0 aromatic heterocycles. The molecule has 0 saturated heterocycles. The summed E-state index contributed by atoms with van der Waals surface area (Å²) in [7, 11) is 0. The molecule has 0 unspecified atom stereocenters. The summed E-state index contributed by atoms with van der Waals surface area (Å²) in [6, 6.07) is 5.05. The van der Waals surface area contributed by atoms with E-state index in [4.69, 9.17) is 15.2 Å². The molecule has 2 N–H and O–H groups in total. The van der Waals surface area contributed by atoms with Crippen molar-refractivity contribution in [2.75, 3.05) is 39.5 Å². The van der Waals surface area contributed by atoms with Crippen molar-refractivity contribution in [1.29, 1.82) is 0 Å². The van der Waals surface area contributed by atoms with Crippen molar-refractivity contribution in [3.63, 3.8) is 0 Å². The first-order chi connectivity index (χ1) is 10.2. The van der Waals surface area contributed by atoms with Crippen LogP contribution in [0.3, 0.4) is 0 Å². The van der Waals surface area contributed by atoms with E-state index >= 15 is 0 Å². The first-order valence-corrected chi connectivity index (χ1v) is 7.56. The molecule has 0 saturated carbocycles. The number of hydrogen-bond acceptors (Lipinski definition) is 4. The summed E-state index contributed by atoms with van der Waals surface area (Å²) in [6.07, 6.45) is 0. The van der Waals surface area contributed by atoms with Gasteiger partial charge >= 0.3 is 0 Å². The number of halogens is 1. The zero-order valence-corrected chi connectivity index (χ0v) is 13.1. The normalized spacial score (nSPS) is 11.3. The van der Waals surface area contributed by atoms with Crippen LogP contribution >= 0.6 is 0 Å². The fourth-order valence-corrected chi connectivity index (χ4v) is 2.06. The summed E-state index contributed by atoms with van der Waals surface area (Å²) >= 11 is 0. The first kappa shape index (κ1) is 18.0. The van der Waals surface area contributed by atoms with E-state index in [0.29, 0.717) is 45.1 Å². The fraction of sp³-hybridized carbons (Fsp3) is 0.625. The van der Waals surface area contributed by atoms with Gasteiger partial charge in [-0.3, -0.25) is 4.90 Å². The van der Waals surface area contributed by atoms with E-state index in [1.165, 1.54) is 6.07 Å². The van der Waals surface area contributed by atoms with Crippen molar-refractivity contribution in [2.24, 2.45) is 5.73 Å². The van der Waals surface area contributed by atoms with Crippen LogP contribution < -0.4 is 5.73 Å². The van der Waals surface area contributed by atoms with Gasteiger partial charge in [-0.1, -0.05) is 12.1 Å². The molecule has 0 aliphatic heterocycles. The van der Waals surface area contributed by atoms with Gasteiger partial charge in [0.05, 0.1) is 13.2 Å². The van der Waals surface area contributed by atoms with Crippen molar-refractivity contribution in [3.8, 4) is 0 Å². The minimum atomic E-state index is -0.190. The molecule has 0 aliphatic rings. The van der Waals surface area contributed by atoms with Crippen molar-refractivity contribution in [3.05, 3.63) is 35.1 Å². The summed E-state index contributed by atoms with van der Waals surface area (Å²) in [5, 5.41) is 0. The summed E-state index contributed by atoms with van der Waals surface area (Å²) < 4.78 is 24.7. The minimum Gasteiger partial charge on any atom is -0.380 e. The third-order valence-corrected chi connectivity index (χ3v) is 3.25. The van der Waals surface area contributed by atoms with Crippen LogP contribution in [-0.2, 0) is 22.6 Å². The van der Waals surface area contributed by atoms with Crippen molar-refractivity contribution >= 4 is 0 Å². The van der Waals surface area contributed by atoms with Gasteiger partial charge in [-0.05, 0) is 25.5 Å². The molecule has 0 aliphatic carbocycles. The molecular weight excluding hydrogens is 271 g/mol. The highest BCUT2D eigenvalue weighted by molar-refractivity contribution is 5.25. The predicted octanol–water partition coefficient (Wildman–Crippen LogP) is 2.16. The minimum absolute atomic E-state index is 0.190. The lowest BCUT2D eigenvalue weighted by Crippen LogP contribution is -2.31. The number of ether oxygens (including phenoxy) is 2. The number of nitrogens with zero attached hydrogens (tertiary/aromatic N) is 1. The Morgan fingerprint density at radius 1 is 1.10 bits per heavy atom. The molecule has 0 amide bonds. The molecule has 1 rings (SSSR count). The Hall–Kier alpha value is -1.01. The number of hydrogen-bond donors (Lipinski definition) is 1. The zero-order chi connectivity index (χ0) is 15.5. The second-order valence-corrected chi connectivity index (χ2v) is 4.80. The van der Waals surface area contributed by atoms with Gasteiger partial charge in [0.15, 0.2) is 0 Å². The SMILES string of the molecule is CCOCCN(CCOCC)Cc1cc(CN)ccc1F. The second-order valence-electron chi connectivity index (χ2n) is 4.80. The monoisotopic (exact) mass is 298 g/mol.